The SMILES string of the molecule is O=C([O-])C1=C[C@@H](c2cccs2)n2nnnc2N1. The summed E-state index contributed by atoms with van der Waals surface area (Å²) in [7, 11) is 0. The average Bonchev–Trinajstić information content (AvgIpc) is 2.98. The first-order valence-corrected chi connectivity index (χ1v) is 5.65. The first kappa shape index (κ1) is 9.97. The maximum Gasteiger partial charge on any atom is 0.248 e. The molecule has 3 rings (SSSR count). The number of rotatable bonds is 2. The van der Waals surface area contributed by atoms with E-state index in [9.17, 15) is 9.90 Å². The van der Waals surface area contributed by atoms with Crippen molar-refractivity contribution >= 4 is 23.3 Å². The van der Waals surface area contributed by atoms with Crippen LogP contribution >= 0.6 is 11.3 Å². The van der Waals surface area contributed by atoms with E-state index in [0.29, 0.717) is 5.95 Å². The van der Waals surface area contributed by atoms with E-state index < -0.39 is 5.97 Å². The van der Waals surface area contributed by atoms with E-state index in [1.54, 1.807) is 0 Å². The molecule has 0 saturated carbocycles. The number of anilines is 1. The molecule has 7 nitrogen and oxygen atoms in total. The van der Waals surface area contributed by atoms with E-state index >= 15 is 0 Å². The molecule has 0 spiro atoms. The number of aliphatic carboxylic acids is 1. The summed E-state index contributed by atoms with van der Waals surface area (Å²) in [6, 6.07) is 3.47. The van der Waals surface area contributed by atoms with Crippen LogP contribution in [-0.2, 0) is 4.79 Å². The number of fused-ring (bicyclic) bond motifs is 1. The number of nitrogens with one attached hydrogen (secondary N) is 1. The zero-order valence-corrected chi connectivity index (χ0v) is 9.22. The van der Waals surface area contributed by atoms with Crippen LogP contribution in [0, 0.1) is 0 Å². The van der Waals surface area contributed by atoms with Crippen molar-refractivity contribution < 1.29 is 9.90 Å². The van der Waals surface area contributed by atoms with Gasteiger partial charge in [-0.05, 0) is 27.9 Å². The van der Waals surface area contributed by atoms with Crippen molar-refractivity contribution in [1.29, 1.82) is 0 Å². The Labute approximate surface area is 99.4 Å². The summed E-state index contributed by atoms with van der Waals surface area (Å²) >= 11 is 1.51. The number of hydrogen-bond acceptors (Lipinski definition) is 7. The van der Waals surface area contributed by atoms with Gasteiger partial charge in [-0.1, -0.05) is 11.2 Å². The molecule has 0 radical (unpaired) electrons. The molecule has 1 N–H and O–H groups in total. The number of aromatic nitrogens is 4. The van der Waals surface area contributed by atoms with Gasteiger partial charge in [0, 0.05) is 4.88 Å². The van der Waals surface area contributed by atoms with Gasteiger partial charge in [-0.25, -0.2) is 0 Å². The Morgan fingerprint density at radius 2 is 2.47 bits per heavy atom. The molecular weight excluding hydrogens is 242 g/mol. The summed E-state index contributed by atoms with van der Waals surface area (Å²) in [4.78, 5) is 11.8. The molecule has 1 aliphatic rings. The van der Waals surface area contributed by atoms with Crippen molar-refractivity contribution in [3.8, 4) is 0 Å². The number of hydrogen-bond donors (Lipinski definition) is 1. The summed E-state index contributed by atoms with van der Waals surface area (Å²) in [5.74, 6) is -0.981. The van der Waals surface area contributed by atoms with Crippen LogP contribution in [0.15, 0.2) is 29.3 Å². The Morgan fingerprint density at radius 1 is 1.59 bits per heavy atom. The van der Waals surface area contributed by atoms with E-state index in [2.05, 4.69) is 20.8 Å². The quantitative estimate of drug-likeness (QED) is 0.761. The van der Waals surface area contributed by atoms with Crippen molar-refractivity contribution in [2.45, 2.75) is 6.04 Å². The van der Waals surface area contributed by atoms with Crippen molar-refractivity contribution in [1.82, 2.24) is 20.2 Å². The lowest BCUT2D eigenvalue weighted by atomic mass is 10.2. The molecule has 0 fully saturated rings. The van der Waals surface area contributed by atoms with Crippen molar-refractivity contribution in [2.75, 3.05) is 5.32 Å². The van der Waals surface area contributed by atoms with E-state index in [1.807, 2.05) is 17.5 Å². The zero-order valence-electron chi connectivity index (χ0n) is 8.40. The fourth-order valence-electron chi connectivity index (χ4n) is 1.64. The summed E-state index contributed by atoms with van der Waals surface area (Å²) in [5.41, 5.74) is -0.0225. The Balaban J connectivity index is 2.10. The van der Waals surface area contributed by atoms with Crippen LogP contribution in [0.25, 0.3) is 0 Å². The predicted octanol–water partition coefficient (Wildman–Crippen LogP) is -0.617. The van der Waals surface area contributed by atoms with Gasteiger partial charge in [-0.3, -0.25) is 0 Å². The highest BCUT2D eigenvalue weighted by molar-refractivity contribution is 7.10. The van der Waals surface area contributed by atoms with Crippen LogP contribution in [0.1, 0.15) is 10.9 Å². The van der Waals surface area contributed by atoms with Gasteiger partial charge in [0.25, 0.3) is 0 Å². The van der Waals surface area contributed by atoms with E-state index in [0.717, 1.165) is 4.88 Å². The lowest BCUT2D eigenvalue weighted by Crippen LogP contribution is -2.32. The summed E-state index contributed by atoms with van der Waals surface area (Å²) in [5, 5.41) is 26.5. The molecule has 0 aromatic carbocycles. The van der Waals surface area contributed by atoms with Gasteiger partial charge < -0.3 is 15.2 Å². The summed E-state index contributed by atoms with van der Waals surface area (Å²) < 4.78 is 1.53. The zero-order chi connectivity index (χ0) is 11.8. The number of carbonyl (C=O) groups is 1. The van der Waals surface area contributed by atoms with Crippen molar-refractivity contribution in [2.24, 2.45) is 0 Å². The van der Waals surface area contributed by atoms with Gasteiger partial charge in [0.2, 0.25) is 5.95 Å². The third-order valence-electron chi connectivity index (χ3n) is 2.38. The van der Waals surface area contributed by atoms with E-state index in [1.165, 1.54) is 22.1 Å². The van der Waals surface area contributed by atoms with Crippen molar-refractivity contribution in [3.05, 3.63) is 34.2 Å². The number of carbonyl (C=O) groups excluding carboxylic acids is 1. The molecule has 1 atom stereocenters. The summed E-state index contributed by atoms with van der Waals surface area (Å²) in [6.45, 7) is 0. The monoisotopic (exact) mass is 248 g/mol. The van der Waals surface area contributed by atoms with E-state index in [4.69, 9.17) is 0 Å². The number of thiophene rings is 1. The van der Waals surface area contributed by atoms with Crippen LogP contribution in [0.2, 0.25) is 0 Å². The molecule has 2 aromatic heterocycles. The first-order chi connectivity index (χ1) is 8.25. The van der Waals surface area contributed by atoms with Crippen LogP contribution in [0.4, 0.5) is 5.95 Å². The highest BCUT2D eigenvalue weighted by Crippen LogP contribution is 2.29. The van der Waals surface area contributed by atoms with Crippen molar-refractivity contribution in [3.63, 3.8) is 0 Å². The number of allylic oxidation sites excluding steroid dienone is 1. The topological polar surface area (TPSA) is 95.8 Å². The predicted molar refractivity (Wildman–Crippen MR) is 57.0 cm³/mol. The molecule has 3 heterocycles. The fraction of sp³-hybridized carbons (Fsp3) is 0.111. The molecule has 17 heavy (non-hydrogen) atoms. The smallest absolute Gasteiger partial charge is 0.248 e. The van der Waals surface area contributed by atoms with E-state index in [-0.39, 0.29) is 11.7 Å². The second-order valence-corrected chi connectivity index (χ2v) is 4.38. The third-order valence-corrected chi connectivity index (χ3v) is 3.32. The molecule has 8 heteroatoms. The third kappa shape index (κ3) is 1.58. The van der Waals surface area contributed by atoms with Crippen LogP contribution in [-0.4, -0.2) is 26.2 Å². The maximum atomic E-state index is 10.9. The highest BCUT2D eigenvalue weighted by Gasteiger charge is 2.24. The fourth-order valence-corrected chi connectivity index (χ4v) is 2.41. The Bertz CT molecular complexity index is 588. The van der Waals surface area contributed by atoms with Gasteiger partial charge >= 0.3 is 0 Å². The maximum absolute atomic E-state index is 10.9. The Morgan fingerprint density at radius 3 is 3.18 bits per heavy atom. The van der Waals surface area contributed by atoms with Crippen LogP contribution < -0.4 is 10.4 Å². The lowest BCUT2D eigenvalue weighted by Gasteiger charge is -2.22. The van der Waals surface area contributed by atoms with Crippen LogP contribution in [0.3, 0.4) is 0 Å². The van der Waals surface area contributed by atoms with Gasteiger partial charge in [-0.2, -0.15) is 4.68 Å². The molecule has 0 bridgehead atoms. The molecule has 0 amide bonds. The number of carboxylic acids is 1. The van der Waals surface area contributed by atoms with Crippen LogP contribution in [0.5, 0.6) is 0 Å². The lowest BCUT2D eigenvalue weighted by molar-refractivity contribution is -0.299. The number of carboxylic acid groups (broad SMARTS) is 1. The normalized spacial score (nSPS) is 18.1. The largest absolute Gasteiger partial charge is 0.543 e. The second kappa shape index (κ2) is 3.67. The molecule has 86 valence electrons. The first-order valence-electron chi connectivity index (χ1n) is 4.77. The average molecular weight is 248 g/mol. The van der Waals surface area contributed by atoms with Gasteiger partial charge in [-0.15, -0.1) is 11.3 Å². The molecule has 2 aromatic rings. The molecule has 0 aliphatic carbocycles. The number of tetrazole rings is 1. The minimum atomic E-state index is -1.28. The Kier molecular flexibility index (Phi) is 2.15. The molecule has 0 unspecified atom stereocenters. The highest BCUT2D eigenvalue weighted by atomic mass is 32.1. The summed E-state index contributed by atoms with van der Waals surface area (Å²) in [6.07, 6.45) is 1.53. The van der Waals surface area contributed by atoms with Gasteiger partial charge in [0.15, 0.2) is 0 Å². The molecular formula is C9H6N5O2S-. The minimum absolute atomic E-state index is 0.0225. The standard InChI is InChI=1S/C9H7N5O2S/c15-8(16)5-4-6(7-2-1-3-17-7)14-9(10-5)11-12-13-14/h1-4,6H,(H,15,16)(H,10,11,13)/p-1/t6-/m0/s1. The number of nitrogens with zero attached hydrogens (tertiary/aromatic N) is 4. The second-order valence-electron chi connectivity index (χ2n) is 3.40. The molecule has 0 saturated heterocycles. The Hall–Kier alpha value is -2.22. The minimum Gasteiger partial charge on any atom is -0.543 e. The van der Waals surface area contributed by atoms with Gasteiger partial charge in [0.1, 0.15) is 6.04 Å². The molecule has 1 aliphatic heterocycles. The van der Waals surface area contributed by atoms with Gasteiger partial charge in [0.05, 0.1) is 11.7 Å².